The Hall–Kier alpha value is -3.41. The Morgan fingerprint density at radius 1 is 1.03 bits per heavy atom. The third-order valence-electron chi connectivity index (χ3n) is 7.06. The number of ketones is 2. The van der Waals surface area contributed by atoms with E-state index in [1.165, 1.54) is 11.0 Å². The maximum atomic E-state index is 13.5. The summed E-state index contributed by atoms with van der Waals surface area (Å²) in [6.45, 7) is 0. The summed E-state index contributed by atoms with van der Waals surface area (Å²) in [7, 11) is 12.8. The molecule has 0 aliphatic heterocycles. The van der Waals surface area contributed by atoms with Gasteiger partial charge in [-0.2, -0.15) is 0 Å². The summed E-state index contributed by atoms with van der Waals surface area (Å²) >= 11 is 0. The zero-order valence-corrected chi connectivity index (χ0v) is 22.2. The molecule has 3 aliphatic carbocycles. The minimum Gasteiger partial charge on any atom is -0.510 e. The summed E-state index contributed by atoms with van der Waals surface area (Å²) < 4.78 is 0. The Labute approximate surface area is 216 Å². The van der Waals surface area contributed by atoms with E-state index in [2.05, 4.69) is 0 Å². The van der Waals surface area contributed by atoms with Crippen molar-refractivity contribution in [2.75, 3.05) is 54.2 Å². The second-order valence-electron chi connectivity index (χ2n) is 10.7. The fourth-order valence-electron chi connectivity index (χ4n) is 5.65. The highest BCUT2D eigenvalue weighted by Gasteiger charge is 2.63. The van der Waals surface area contributed by atoms with Crippen molar-refractivity contribution >= 4 is 23.2 Å². The smallest absolute Gasteiger partial charge is 0.255 e. The molecule has 1 aromatic carbocycles. The van der Waals surface area contributed by atoms with Gasteiger partial charge in [-0.3, -0.25) is 19.3 Å². The van der Waals surface area contributed by atoms with Crippen LogP contribution in [-0.2, 0) is 16.0 Å². The van der Waals surface area contributed by atoms with Gasteiger partial charge in [0, 0.05) is 31.3 Å². The van der Waals surface area contributed by atoms with Gasteiger partial charge in [0.15, 0.2) is 11.4 Å². The van der Waals surface area contributed by atoms with Crippen molar-refractivity contribution in [2.45, 2.75) is 24.5 Å². The van der Waals surface area contributed by atoms with E-state index in [0.29, 0.717) is 5.56 Å². The SMILES string of the molecule is CN(C)C.CN(C)c1ccc(O)c2c1C[C@H]1C[C@@H]3[C@H](N(C)C)C(O)=C(C(N)=O)C(=O)[C@@]3(O)C(O)=C1C2=O. The lowest BCUT2D eigenvalue weighted by molar-refractivity contribution is -0.148. The third kappa shape index (κ3) is 4.36. The lowest BCUT2D eigenvalue weighted by atomic mass is 9.58. The number of anilines is 1. The number of rotatable bonds is 3. The van der Waals surface area contributed by atoms with Gasteiger partial charge in [-0.1, -0.05) is 0 Å². The van der Waals surface area contributed by atoms with Crippen LogP contribution in [-0.4, -0.2) is 109 Å². The van der Waals surface area contributed by atoms with Crippen molar-refractivity contribution in [3.8, 4) is 5.75 Å². The number of allylic oxidation sites excluding steroid dienone is 1. The van der Waals surface area contributed by atoms with Gasteiger partial charge in [0.1, 0.15) is 22.8 Å². The molecule has 0 radical (unpaired) electrons. The Balaban J connectivity index is 0.000000886. The zero-order chi connectivity index (χ0) is 28.1. The molecule has 4 rings (SSSR count). The quantitative estimate of drug-likeness (QED) is 0.354. The third-order valence-corrected chi connectivity index (χ3v) is 7.06. The van der Waals surface area contributed by atoms with E-state index in [-0.39, 0.29) is 29.7 Å². The average molecular weight is 517 g/mol. The number of aliphatic hydroxyl groups excluding tert-OH is 2. The van der Waals surface area contributed by atoms with E-state index in [9.17, 15) is 34.8 Å². The number of hydrogen-bond donors (Lipinski definition) is 5. The van der Waals surface area contributed by atoms with Crippen LogP contribution in [0.2, 0.25) is 0 Å². The average Bonchev–Trinajstić information content (AvgIpc) is 2.75. The lowest BCUT2D eigenvalue weighted by Gasteiger charge is -2.50. The summed E-state index contributed by atoms with van der Waals surface area (Å²) in [5.41, 5.74) is 3.02. The standard InChI is InChI=1S/C23H27N3O7.C3H9N/c1-25(2)12-5-6-13(27)15-10(12)7-9-8-11-17(26(3)4)19(29)16(22(24)32)21(31)23(11,33)20(30)14(9)18(15)28;1-4(2)3/h5-6,9,11,17,27,29-30,33H,7-8H2,1-4H3,(H2,24,32);1-3H3/t9-,11+,17-,23-;/m0./s1. The molecule has 11 nitrogen and oxygen atoms in total. The number of likely N-dealkylation sites (N-methyl/N-ethyl adjacent to an activating group) is 1. The molecule has 0 saturated carbocycles. The molecule has 1 amide bonds. The number of benzene rings is 1. The van der Waals surface area contributed by atoms with E-state index < -0.39 is 58.0 Å². The van der Waals surface area contributed by atoms with E-state index >= 15 is 0 Å². The van der Waals surface area contributed by atoms with Crippen molar-refractivity contribution in [3.05, 3.63) is 45.9 Å². The zero-order valence-electron chi connectivity index (χ0n) is 22.2. The number of phenols is 1. The number of fused-ring (bicyclic) bond motifs is 3. The fourth-order valence-corrected chi connectivity index (χ4v) is 5.65. The summed E-state index contributed by atoms with van der Waals surface area (Å²) in [6, 6.07) is 2.06. The molecule has 0 fully saturated rings. The van der Waals surface area contributed by atoms with E-state index in [1.807, 2.05) is 26.0 Å². The number of amides is 1. The molecule has 202 valence electrons. The lowest BCUT2D eigenvalue weighted by Crippen LogP contribution is -2.63. The van der Waals surface area contributed by atoms with Gasteiger partial charge in [0.25, 0.3) is 5.91 Å². The molecule has 0 bridgehead atoms. The first-order chi connectivity index (χ1) is 17.1. The monoisotopic (exact) mass is 516 g/mol. The molecule has 4 atom stereocenters. The summed E-state index contributed by atoms with van der Waals surface area (Å²) in [6.07, 6.45) is 0.324. The van der Waals surface area contributed by atoms with E-state index in [0.717, 1.165) is 5.69 Å². The summed E-state index contributed by atoms with van der Waals surface area (Å²) in [4.78, 5) is 44.0. The van der Waals surface area contributed by atoms with Gasteiger partial charge in [-0.15, -0.1) is 0 Å². The van der Waals surface area contributed by atoms with Crippen LogP contribution in [0.15, 0.2) is 34.8 Å². The van der Waals surface area contributed by atoms with Crippen molar-refractivity contribution in [2.24, 2.45) is 17.6 Å². The number of Topliss-reactive ketones (excluding diaryl/α,β-unsaturated/α-hetero) is 2. The van der Waals surface area contributed by atoms with E-state index in [1.54, 1.807) is 39.2 Å². The molecule has 0 saturated heterocycles. The van der Waals surface area contributed by atoms with Crippen molar-refractivity contribution < 1.29 is 34.8 Å². The van der Waals surface area contributed by atoms with Crippen LogP contribution in [0.1, 0.15) is 22.3 Å². The van der Waals surface area contributed by atoms with Crippen LogP contribution >= 0.6 is 0 Å². The van der Waals surface area contributed by atoms with Crippen LogP contribution < -0.4 is 10.6 Å². The number of aliphatic hydroxyl groups is 3. The minimum absolute atomic E-state index is 0.00184. The highest BCUT2D eigenvalue weighted by Crippen LogP contribution is 2.52. The van der Waals surface area contributed by atoms with Crippen molar-refractivity contribution in [1.29, 1.82) is 0 Å². The molecule has 0 spiro atoms. The molecule has 0 aromatic heterocycles. The Morgan fingerprint density at radius 2 is 1.59 bits per heavy atom. The number of carbonyl (C=O) groups excluding carboxylic acids is 3. The Kier molecular flexibility index (Phi) is 7.46. The highest BCUT2D eigenvalue weighted by molar-refractivity contribution is 6.24. The Morgan fingerprint density at radius 3 is 2.08 bits per heavy atom. The molecule has 0 unspecified atom stereocenters. The number of nitrogens with zero attached hydrogens (tertiary/aromatic N) is 3. The second-order valence-corrected chi connectivity index (χ2v) is 10.7. The molecule has 0 heterocycles. The van der Waals surface area contributed by atoms with Gasteiger partial charge >= 0.3 is 0 Å². The van der Waals surface area contributed by atoms with Crippen LogP contribution in [0.3, 0.4) is 0 Å². The van der Waals surface area contributed by atoms with Gasteiger partial charge < -0.3 is 36.0 Å². The normalized spacial score (nSPS) is 26.9. The Bertz CT molecular complexity index is 1210. The number of carbonyl (C=O) groups is 3. The van der Waals surface area contributed by atoms with Crippen molar-refractivity contribution in [3.63, 3.8) is 0 Å². The first-order valence-corrected chi connectivity index (χ1v) is 11.8. The molecule has 6 N–H and O–H groups in total. The number of phenolic OH excluding ortho intramolecular Hbond substituents is 1. The summed E-state index contributed by atoms with van der Waals surface area (Å²) in [5.74, 6) is -6.53. The summed E-state index contributed by atoms with van der Waals surface area (Å²) in [5, 5.41) is 43.9. The number of nitrogens with two attached hydrogens (primary N) is 1. The molecule has 11 heteroatoms. The largest absolute Gasteiger partial charge is 0.510 e. The second kappa shape index (κ2) is 9.81. The maximum absolute atomic E-state index is 13.5. The molecule has 37 heavy (non-hydrogen) atoms. The minimum atomic E-state index is -2.63. The van der Waals surface area contributed by atoms with Gasteiger partial charge in [0.05, 0.1) is 11.6 Å². The molecule has 3 aliphatic rings. The van der Waals surface area contributed by atoms with Gasteiger partial charge in [0.2, 0.25) is 5.78 Å². The topological polar surface area (TPSA) is 168 Å². The highest BCUT2D eigenvalue weighted by atomic mass is 16.3. The van der Waals surface area contributed by atoms with Crippen LogP contribution in [0.25, 0.3) is 0 Å². The number of hydrogen-bond acceptors (Lipinski definition) is 10. The number of primary amides is 1. The van der Waals surface area contributed by atoms with Gasteiger partial charge in [-0.05, 0) is 71.7 Å². The number of aromatic hydroxyl groups is 1. The predicted molar refractivity (Wildman–Crippen MR) is 138 cm³/mol. The first-order valence-electron chi connectivity index (χ1n) is 11.8. The molecular formula is C26H36N4O7. The first kappa shape index (κ1) is 28.2. The van der Waals surface area contributed by atoms with Gasteiger partial charge in [-0.25, -0.2) is 0 Å². The molecule has 1 aromatic rings. The fraction of sp³-hybridized carbons (Fsp3) is 0.500. The maximum Gasteiger partial charge on any atom is 0.255 e. The van der Waals surface area contributed by atoms with Crippen LogP contribution in [0.5, 0.6) is 5.75 Å². The van der Waals surface area contributed by atoms with Crippen molar-refractivity contribution in [1.82, 2.24) is 9.80 Å². The van der Waals surface area contributed by atoms with Crippen LogP contribution in [0, 0.1) is 11.8 Å². The predicted octanol–water partition coefficient (Wildman–Crippen LogP) is 0.364. The van der Waals surface area contributed by atoms with Crippen LogP contribution in [0.4, 0.5) is 5.69 Å². The molecular weight excluding hydrogens is 480 g/mol. The van der Waals surface area contributed by atoms with E-state index in [4.69, 9.17) is 5.73 Å².